The van der Waals surface area contributed by atoms with E-state index >= 15 is 0 Å². The highest BCUT2D eigenvalue weighted by Crippen LogP contribution is 2.25. The van der Waals surface area contributed by atoms with E-state index in [1.54, 1.807) is 0 Å². The Balaban J connectivity index is 1.63. The van der Waals surface area contributed by atoms with Crippen LogP contribution in [0.4, 0.5) is 4.79 Å². The Labute approximate surface area is 110 Å². The molecule has 0 aliphatic carbocycles. The minimum Gasteiger partial charge on any atom is -0.421 e. The van der Waals surface area contributed by atoms with Gasteiger partial charge in [-0.15, -0.1) is 0 Å². The summed E-state index contributed by atoms with van der Waals surface area (Å²) in [6.07, 6.45) is -1.99. The van der Waals surface area contributed by atoms with Crippen LogP contribution in [-0.4, -0.2) is 53.1 Å². The lowest BCUT2D eigenvalue weighted by Gasteiger charge is -2.07. The molecule has 0 aromatic heterocycles. The van der Waals surface area contributed by atoms with E-state index in [0.717, 1.165) is 0 Å². The number of cyclic esters (lactones) is 3. The van der Waals surface area contributed by atoms with E-state index in [1.807, 2.05) is 0 Å². The minimum absolute atomic E-state index is 0.347. The molecule has 2 rings (SSSR count). The number of amides is 1. The molecular weight excluding hydrogens is 284 g/mol. The molecule has 10 heteroatoms. The number of aliphatic hydroxyl groups is 1. The summed E-state index contributed by atoms with van der Waals surface area (Å²) in [6.45, 7) is 0. The maximum Gasteiger partial charge on any atom is 0.415 e. The Hall–Kier alpha value is -0.970. The summed E-state index contributed by atoms with van der Waals surface area (Å²) in [5.41, 5.74) is 0. The molecule has 3 atom stereocenters. The normalized spacial score (nSPS) is 31.2. The zero-order valence-corrected chi connectivity index (χ0v) is 10.6. The van der Waals surface area contributed by atoms with Gasteiger partial charge < -0.3 is 19.9 Å². The summed E-state index contributed by atoms with van der Waals surface area (Å²) in [5, 5.41) is 13.9. The van der Waals surface area contributed by atoms with Gasteiger partial charge in [-0.25, -0.2) is 14.9 Å². The van der Waals surface area contributed by atoms with Crippen LogP contribution in [0.2, 0.25) is 0 Å². The molecule has 1 amide bonds. The maximum atomic E-state index is 11.1. The van der Waals surface area contributed by atoms with Crippen molar-refractivity contribution in [3.63, 3.8) is 0 Å². The van der Waals surface area contributed by atoms with Gasteiger partial charge in [0.05, 0.1) is 0 Å². The molecule has 3 unspecified atom stereocenters. The van der Waals surface area contributed by atoms with Crippen LogP contribution in [0.3, 0.4) is 0 Å². The summed E-state index contributed by atoms with van der Waals surface area (Å²) in [5.74, 6) is -0.373. The number of hydrogen-bond acceptors (Lipinski definition) is 9. The largest absolute Gasteiger partial charge is 0.421 e. The quantitative estimate of drug-likeness (QED) is 0.249. The Bertz CT molecular complexity index is 379. The molecule has 0 aromatic carbocycles. The van der Waals surface area contributed by atoms with E-state index in [4.69, 9.17) is 5.11 Å². The van der Waals surface area contributed by atoms with Crippen LogP contribution in [-0.2, 0) is 19.1 Å². The number of ether oxygens (including phenoxy) is 2. The molecule has 2 aliphatic rings. The molecule has 2 fully saturated rings. The first-order chi connectivity index (χ1) is 8.56. The first kappa shape index (κ1) is 13.5. The molecule has 2 saturated heterocycles. The van der Waals surface area contributed by atoms with Crippen molar-refractivity contribution in [1.82, 2.24) is 10.6 Å². The van der Waals surface area contributed by atoms with Crippen LogP contribution in [0.25, 0.3) is 0 Å². The Morgan fingerprint density at radius 2 is 1.78 bits per heavy atom. The van der Waals surface area contributed by atoms with Crippen molar-refractivity contribution in [1.29, 1.82) is 0 Å². The summed E-state index contributed by atoms with van der Waals surface area (Å²) in [6, 6.07) is -1.22. The molecule has 0 radical (unpaired) electrons. The fraction of sp³-hybridized carbons (Fsp3) is 0.625. The second-order valence-electron chi connectivity index (χ2n) is 3.48. The second-order valence-corrected chi connectivity index (χ2v) is 6.04. The number of esters is 2. The van der Waals surface area contributed by atoms with Gasteiger partial charge in [-0.1, -0.05) is 21.6 Å². The van der Waals surface area contributed by atoms with E-state index in [-0.39, 0.29) is 0 Å². The van der Waals surface area contributed by atoms with Gasteiger partial charge in [-0.3, -0.25) is 4.79 Å². The standard InChI is InChI=1S/C8H10N2O6S2/c11-5-3(9-7(13)15-5)1-17-18-2-4-6(12)16-8(14)10-4/h3-4,7,9,13H,1-2H2,(H,10,14). The third-order valence-corrected chi connectivity index (χ3v) is 4.60. The van der Waals surface area contributed by atoms with Crippen molar-refractivity contribution in [2.75, 3.05) is 11.5 Å². The molecule has 2 heterocycles. The smallest absolute Gasteiger partial charge is 0.415 e. The predicted octanol–water partition coefficient (Wildman–Crippen LogP) is -1.21. The number of carbonyl (C=O) groups is 3. The zero-order valence-electron chi connectivity index (χ0n) is 8.95. The SMILES string of the molecule is O=C1NC(CSSCC2NC(O)OC2=O)C(=O)O1. The van der Waals surface area contributed by atoms with E-state index in [0.29, 0.717) is 11.5 Å². The number of alkyl carbamates (subject to hydrolysis) is 1. The minimum atomic E-state index is -1.25. The molecule has 8 nitrogen and oxygen atoms in total. The Kier molecular flexibility index (Phi) is 4.32. The number of carbonyl (C=O) groups excluding carboxylic acids is 3. The van der Waals surface area contributed by atoms with Gasteiger partial charge in [0.1, 0.15) is 12.1 Å². The summed E-state index contributed by atoms with van der Waals surface area (Å²) in [4.78, 5) is 32.9. The molecule has 18 heavy (non-hydrogen) atoms. The Morgan fingerprint density at radius 1 is 1.11 bits per heavy atom. The van der Waals surface area contributed by atoms with Crippen LogP contribution in [0.5, 0.6) is 0 Å². The van der Waals surface area contributed by atoms with Crippen LogP contribution in [0.15, 0.2) is 0 Å². The lowest BCUT2D eigenvalue weighted by atomic mass is 10.4. The number of aliphatic hydroxyl groups excluding tert-OH is 1. The molecular formula is C8H10N2O6S2. The predicted molar refractivity (Wildman–Crippen MR) is 62.4 cm³/mol. The molecule has 0 bridgehead atoms. The lowest BCUT2D eigenvalue weighted by Crippen LogP contribution is -2.33. The fourth-order valence-electron chi connectivity index (χ4n) is 1.32. The van der Waals surface area contributed by atoms with Crippen molar-refractivity contribution < 1.29 is 29.0 Å². The molecule has 3 N–H and O–H groups in total. The van der Waals surface area contributed by atoms with Crippen LogP contribution >= 0.6 is 21.6 Å². The van der Waals surface area contributed by atoms with Gasteiger partial charge in [-0.2, -0.15) is 0 Å². The monoisotopic (exact) mass is 294 g/mol. The second kappa shape index (κ2) is 5.78. The summed E-state index contributed by atoms with van der Waals surface area (Å²) < 4.78 is 8.79. The van der Waals surface area contributed by atoms with E-state index in [1.165, 1.54) is 21.6 Å². The molecule has 0 spiro atoms. The van der Waals surface area contributed by atoms with Gasteiger partial charge >= 0.3 is 18.0 Å². The van der Waals surface area contributed by atoms with E-state index < -0.39 is 36.5 Å². The van der Waals surface area contributed by atoms with Crippen molar-refractivity contribution >= 4 is 39.6 Å². The topological polar surface area (TPSA) is 114 Å². The van der Waals surface area contributed by atoms with Crippen LogP contribution in [0.1, 0.15) is 0 Å². The summed E-state index contributed by atoms with van der Waals surface area (Å²) in [7, 11) is 2.65. The highest BCUT2D eigenvalue weighted by molar-refractivity contribution is 8.76. The van der Waals surface area contributed by atoms with Gasteiger partial charge in [-0.05, 0) is 0 Å². The van der Waals surface area contributed by atoms with E-state index in [9.17, 15) is 14.4 Å². The Morgan fingerprint density at radius 3 is 2.28 bits per heavy atom. The van der Waals surface area contributed by atoms with Crippen LogP contribution in [0, 0.1) is 0 Å². The van der Waals surface area contributed by atoms with Gasteiger partial charge in [0, 0.05) is 11.5 Å². The first-order valence-corrected chi connectivity index (χ1v) is 7.46. The highest BCUT2D eigenvalue weighted by atomic mass is 33.1. The third kappa shape index (κ3) is 3.28. The number of hydrogen-bond donors (Lipinski definition) is 3. The van der Waals surface area contributed by atoms with Crippen molar-refractivity contribution in [3.8, 4) is 0 Å². The van der Waals surface area contributed by atoms with Crippen molar-refractivity contribution in [2.45, 2.75) is 18.5 Å². The molecule has 2 aliphatic heterocycles. The summed E-state index contributed by atoms with van der Waals surface area (Å²) >= 11 is 0. The lowest BCUT2D eigenvalue weighted by molar-refractivity contribution is -0.155. The molecule has 0 saturated carbocycles. The fourth-order valence-corrected chi connectivity index (χ4v) is 3.63. The van der Waals surface area contributed by atoms with Crippen LogP contribution < -0.4 is 10.6 Å². The van der Waals surface area contributed by atoms with E-state index in [2.05, 4.69) is 20.1 Å². The number of rotatable bonds is 5. The highest BCUT2D eigenvalue weighted by Gasteiger charge is 2.34. The van der Waals surface area contributed by atoms with Gasteiger partial charge in [0.25, 0.3) is 6.41 Å². The average molecular weight is 294 g/mol. The first-order valence-electron chi connectivity index (χ1n) is 4.97. The van der Waals surface area contributed by atoms with Gasteiger partial charge in [0.2, 0.25) is 0 Å². The maximum absolute atomic E-state index is 11.1. The molecule has 0 aromatic rings. The molecule has 100 valence electrons. The third-order valence-electron chi connectivity index (χ3n) is 2.18. The zero-order chi connectivity index (χ0) is 13.1. The van der Waals surface area contributed by atoms with Crippen molar-refractivity contribution in [3.05, 3.63) is 0 Å². The van der Waals surface area contributed by atoms with Gasteiger partial charge in [0.15, 0.2) is 0 Å². The van der Waals surface area contributed by atoms with Crippen molar-refractivity contribution in [2.24, 2.45) is 0 Å². The number of nitrogens with one attached hydrogen (secondary N) is 2. The average Bonchev–Trinajstić information content (AvgIpc) is 2.77.